The predicted molar refractivity (Wildman–Crippen MR) is 76.3 cm³/mol. The number of nitrogens with one attached hydrogen (secondary N) is 1. The first kappa shape index (κ1) is 12.3. The zero-order chi connectivity index (χ0) is 13.0. The topological polar surface area (TPSA) is 47.3 Å². The highest BCUT2D eigenvalue weighted by Crippen LogP contribution is 2.28. The molecule has 0 aliphatic carbocycles. The van der Waals surface area contributed by atoms with Crippen LogP contribution >= 0.6 is 0 Å². The number of nitrogens with two attached hydrogens (primary N) is 1. The number of hydrogen-bond donors (Lipinski definition) is 2. The highest BCUT2D eigenvalue weighted by atomic mass is 16.5. The zero-order valence-electron chi connectivity index (χ0n) is 10.7. The number of hydrogen-bond acceptors (Lipinski definition) is 3. The van der Waals surface area contributed by atoms with Gasteiger partial charge in [0.1, 0.15) is 5.75 Å². The standard InChI is InChI=1S/C15H18N2O/c1-11(2)18-15-9-4-3-8-14(15)17-13-7-5-6-12(16)10-13/h3-11,17H,16H2,1-2H3. The van der Waals surface area contributed by atoms with Crippen molar-refractivity contribution in [1.82, 2.24) is 0 Å². The van der Waals surface area contributed by atoms with Crippen molar-refractivity contribution in [2.24, 2.45) is 0 Å². The summed E-state index contributed by atoms with van der Waals surface area (Å²) < 4.78 is 5.75. The molecule has 0 heterocycles. The molecule has 3 N–H and O–H groups in total. The third kappa shape index (κ3) is 3.17. The van der Waals surface area contributed by atoms with Gasteiger partial charge < -0.3 is 15.8 Å². The molecule has 0 saturated carbocycles. The second-order valence-corrected chi connectivity index (χ2v) is 4.41. The van der Waals surface area contributed by atoms with Crippen molar-refractivity contribution in [3.05, 3.63) is 48.5 Å². The lowest BCUT2D eigenvalue weighted by Crippen LogP contribution is -2.07. The molecular formula is C15H18N2O. The second-order valence-electron chi connectivity index (χ2n) is 4.41. The molecule has 0 aliphatic rings. The van der Waals surface area contributed by atoms with Crippen LogP contribution in [0.5, 0.6) is 5.75 Å². The van der Waals surface area contributed by atoms with Crippen LogP contribution in [-0.4, -0.2) is 6.10 Å². The Bertz CT molecular complexity index is 523. The van der Waals surface area contributed by atoms with E-state index in [4.69, 9.17) is 10.5 Å². The van der Waals surface area contributed by atoms with Gasteiger partial charge >= 0.3 is 0 Å². The molecule has 0 fully saturated rings. The van der Waals surface area contributed by atoms with Crippen molar-refractivity contribution in [3.63, 3.8) is 0 Å². The van der Waals surface area contributed by atoms with Crippen LogP contribution in [0, 0.1) is 0 Å². The maximum Gasteiger partial charge on any atom is 0.143 e. The summed E-state index contributed by atoms with van der Waals surface area (Å²) in [6.07, 6.45) is 0.147. The van der Waals surface area contributed by atoms with Crippen LogP contribution in [-0.2, 0) is 0 Å². The summed E-state index contributed by atoms with van der Waals surface area (Å²) in [5, 5.41) is 3.31. The van der Waals surface area contributed by atoms with Gasteiger partial charge in [-0.3, -0.25) is 0 Å². The number of para-hydroxylation sites is 2. The van der Waals surface area contributed by atoms with Crippen LogP contribution in [0.3, 0.4) is 0 Å². The van der Waals surface area contributed by atoms with Crippen molar-refractivity contribution in [3.8, 4) is 5.75 Å². The van der Waals surface area contributed by atoms with E-state index in [1.54, 1.807) is 0 Å². The first-order valence-corrected chi connectivity index (χ1v) is 6.03. The number of anilines is 3. The Morgan fingerprint density at radius 1 is 1.06 bits per heavy atom. The summed E-state index contributed by atoms with van der Waals surface area (Å²) in [6, 6.07) is 15.5. The van der Waals surface area contributed by atoms with Gasteiger partial charge in [-0.05, 0) is 44.2 Å². The number of rotatable bonds is 4. The van der Waals surface area contributed by atoms with Crippen LogP contribution in [0.25, 0.3) is 0 Å². The molecular weight excluding hydrogens is 224 g/mol. The quantitative estimate of drug-likeness (QED) is 0.802. The average Bonchev–Trinajstić information content (AvgIpc) is 2.31. The Morgan fingerprint density at radius 2 is 1.83 bits per heavy atom. The Balaban J connectivity index is 2.23. The van der Waals surface area contributed by atoms with Gasteiger partial charge in [0.15, 0.2) is 0 Å². The third-order valence-electron chi connectivity index (χ3n) is 2.42. The Kier molecular flexibility index (Phi) is 3.72. The Hall–Kier alpha value is -2.16. The Morgan fingerprint density at radius 3 is 2.56 bits per heavy atom. The lowest BCUT2D eigenvalue weighted by molar-refractivity contribution is 0.244. The molecule has 0 bridgehead atoms. The molecule has 2 aromatic carbocycles. The molecule has 3 heteroatoms. The summed E-state index contributed by atoms with van der Waals surface area (Å²) in [7, 11) is 0. The molecule has 94 valence electrons. The summed E-state index contributed by atoms with van der Waals surface area (Å²) >= 11 is 0. The number of nitrogen functional groups attached to an aromatic ring is 1. The molecule has 0 aromatic heterocycles. The van der Waals surface area contributed by atoms with Gasteiger partial charge in [0.05, 0.1) is 11.8 Å². The van der Waals surface area contributed by atoms with Gasteiger partial charge in [0.25, 0.3) is 0 Å². The van der Waals surface area contributed by atoms with Crippen LogP contribution in [0.2, 0.25) is 0 Å². The molecule has 0 spiro atoms. The summed E-state index contributed by atoms with van der Waals surface area (Å²) in [5.74, 6) is 0.843. The molecule has 0 amide bonds. The smallest absolute Gasteiger partial charge is 0.143 e. The van der Waals surface area contributed by atoms with Gasteiger partial charge in [-0.1, -0.05) is 18.2 Å². The van der Waals surface area contributed by atoms with E-state index >= 15 is 0 Å². The van der Waals surface area contributed by atoms with Gasteiger partial charge in [-0.15, -0.1) is 0 Å². The van der Waals surface area contributed by atoms with E-state index in [0.717, 1.165) is 22.8 Å². The summed E-state index contributed by atoms with van der Waals surface area (Å²) in [5.41, 5.74) is 8.39. The van der Waals surface area contributed by atoms with Crippen LogP contribution in [0.15, 0.2) is 48.5 Å². The minimum absolute atomic E-state index is 0.147. The maximum absolute atomic E-state index is 5.76. The summed E-state index contributed by atoms with van der Waals surface area (Å²) in [6.45, 7) is 4.02. The van der Waals surface area contributed by atoms with Crippen molar-refractivity contribution in [2.45, 2.75) is 20.0 Å². The minimum atomic E-state index is 0.147. The van der Waals surface area contributed by atoms with Crippen LogP contribution in [0.4, 0.5) is 17.1 Å². The third-order valence-corrected chi connectivity index (χ3v) is 2.42. The zero-order valence-corrected chi connectivity index (χ0v) is 10.7. The highest BCUT2D eigenvalue weighted by molar-refractivity contribution is 5.68. The van der Waals surface area contributed by atoms with E-state index in [0.29, 0.717) is 0 Å². The molecule has 18 heavy (non-hydrogen) atoms. The van der Waals surface area contributed by atoms with Crippen LogP contribution in [0.1, 0.15) is 13.8 Å². The van der Waals surface area contributed by atoms with E-state index in [1.807, 2.05) is 62.4 Å². The number of ether oxygens (including phenoxy) is 1. The normalized spacial score (nSPS) is 10.4. The molecule has 0 saturated heterocycles. The fourth-order valence-electron chi connectivity index (χ4n) is 1.70. The van der Waals surface area contributed by atoms with Crippen molar-refractivity contribution in [1.29, 1.82) is 0 Å². The lowest BCUT2D eigenvalue weighted by atomic mass is 10.2. The average molecular weight is 242 g/mol. The fraction of sp³-hybridized carbons (Fsp3) is 0.200. The van der Waals surface area contributed by atoms with E-state index in [2.05, 4.69) is 5.32 Å². The molecule has 0 aliphatic heterocycles. The summed E-state index contributed by atoms with van der Waals surface area (Å²) in [4.78, 5) is 0. The van der Waals surface area contributed by atoms with Gasteiger partial charge in [-0.2, -0.15) is 0 Å². The first-order chi connectivity index (χ1) is 8.65. The monoisotopic (exact) mass is 242 g/mol. The molecule has 3 nitrogen and oxygen atoms in total. The van der Waals surface area contributed by atoms with E-state index < -0.39 is 0 Å². The van der Waals surface area contributed by atoms with E-state index in [-0.39, 0.29) is 6.10 Å². The predicted octanol–water partition coefficient (Wildman–Crippen LogP) is 3.80. The molecule has 0 atom stereocenters. The van der Waals surface area contributed by atoms with Crippen molar-refractivity contribution >= 4 is 17.1 Å². The van der Waals surface area contributed by atoms with Gasteiger partial charge in [0, 0.05) is 11.4 Å². The molecule has 2 aromatic rings. The molecule has 0 unspecified atom stereocenters. The van der Waals surface area contributed by atoms with Gasteiger partial charge in [-0.25, -0.2) is 0 Å². The largest absolute Gasteiger partial charge is 0.489 e. The van der Waals surface area contributed by atoms with Gasteiger partial charge in [0.2, 0.25) is 0 Å². The highest BCUT2D eigenvalue weighted by Gasteiger charge is 2.05. The minimum Gasteiger partial charge on any atom is -0.489 e. The van der Waals surface area contributed by atoms with E-state index in [1.165, 1.54) is 0 Å². The SMILES string of the molecule is CC(C)Oc1ccccc1Nc1cccc(N)c1. The van der Waals surface area contributed by atoms with Crippen molar-refractivity contribution in [2.75, 3.05) is 11.1 Å². The second kappa shape index (κ2) is 5.45. The lowest BCUT2D eigenvalue weighted by Gasteiger charge is -2.15. The maximum atomic E-state index is 5.76. The van der Waals surface area contributed by atoms with Crippen LogP contribution < -0.4 is 15.8 Å². The van der Waals surface area contributed by atoms with Crippen molar-refractivity contribution < 1.29 is 4.74 Å². The molecule has 0 radical (unpaired) electrons. The molecule has 2 rings (SSSR count). The fourth-order valence-corrected chi connectivity index (χ4v) is 1.70. The van der Waals surface area contributed by atoms with E-state index in [9.17, 15) is 0 Å². The first-order valence-electron chi connectivity index (χ1n) is 6.03. The number of benzene rings is 2. The Labute approximate surface area is 108 Å².